The van der Waals surface area contributed by atoms with E-state index in [1.807, 2.05) is 37.4 Å². The Bertz CT molecular complexity index is 545. The van der Waals surface area contributed by atoms with Gasteiger partial charge in [0.1, 0.15) is 5.82 Å². The molecule has 1 heterocycles. The third-order valence-electron chi connectivity index (χ3n) is 3.63. The van der Waals surface area contributed by atoms with Crippen molar-refractivity contribution in [2.24, 2.45) is 0 Å². The maximum absolute atomic E-state index is 13.9. The van der Waals surface area contributed by atoms with Crippen LogP contribution in [0.5, 0.6) is 0 Å². The first-order valence-corrected chi connectivity index (χ1v) is 7.28. The fourth-order valence-corrected chi connectivity index (χ4v) is 2.39. The molecule has 0 spiro atoms. The van der Waals surface area contributed by atoms with E-state index in [1.165, 1.54) is 6.07 Å². The van der Waals surface area contributed by atoms with E-state index in [1.54, 1.807) is 12.3 Å². The first-order chi connectivity index (χ1) is 10.2. The second kappa shape index (κ2) is 7.86. The minimum absolute atomic E-state index is 0.0325. The van der Waals surface area contributed by atoms with Gasteiger partial charge < -0.3 is 5.32 Å². The van der Waals surface area contributed by atoms with Gasteiger partial charge in [-0.3, -0.25) is 9.88 Å². The van der Waals surface area contributed by atoms with Crippen LogP contribution in [-0.2, 0) is 6.54 Å². The van der Waals surface area contributed by atoms with Crippen LogP contribution in [0.25, 0.3) is 0 Å². The van der Waals surface area contributed by atoms with Gasteiger partial charge in [0.2, 0.25) is 0 Å². The lowest BCUT2D eigenvalue weighted by molar-refractivity contribution is 0.245. The van der Waals surface area contributed by atoms with E-state index in [9.17, 15) is 4.39 Å². The summed E-state index contributed by atoms with van der Waals surface area (Å²) in [5.41, 5.74) is 1.74. The molecule has 1 N–H and O–H groups in total. The highest BCUT2D eigenvalue weighted by Crippen LogP contribution is 2.18. The number of halogens is 1. The third-order valence-corrected chi connectivity index (χ3v) is 3.63. The Morgan fingerprint density at radius 2 is 1.95 bits per heavy atom. The average molecular weight is 287 g/mol. The average Bonchev–Trinajstić information content (AvgIpc) is 2.53. The number of hydrogen-bond acceptors (Lipinski definition) is 3. The standard InChI is InChI=1S/C17H22FN3/c1-3-21(12-14-8-6-7-11-20-14)13-17(19-2)15-9-4-5-10-16(15)18/h4-11,17,19H,3,12-13H2,1-2H3. The van der Waals surface area contributed by atoms with Gasteiger partial charge in [-0.1, -0.05) is 31.2 Å². The van der Waals surface area contributed by atoms with Crippen LogP contribution in [0.3, 0.4) is 0 Å². The monoisotopic (exact) mass is 287 g/mol. The van der Waals surface area contributed by atoms with E-state index in [2.05, 4.69) is 22.1 Å². The van der Waals surface area contributed by atoms with Gasteiger partial charge in [0, 0.05) is 30.9 Å². The number of benzene rings is 1. The lowest BCUT2D eigenvalue weighted by Gasteiger charge is -2.26. The Morgan fingerprint density at radius 3 is 2.57 bits per heavy atom. The quantitative estimate of drug-likeness (QED) is 0.848. The number of pyridine rings is 1. The summed E-state index contributed by atoms with van der Waals surface area (Å²) < 4.78 is 13.9. The summed E-state index contributed by atoms with van der Waals surface area (Å²) in [6.07, 6.45) is 1.80. The molecule has 0 amide bonds. The van der Waals surface area contributed by atoms with Crippen LogP contribution in [0.15, 0.2) is 48.7 Å². The molecule has 0 saturated heterocycles. The predicted molar refractivity (Wildman–Crippen MR) is 83.4 cm³/mol. The van der Waals surface area contributed by atoms with E-state index in [4.69, 9.17) is 0 Å². The van der Waals surface area contributed by atoms with E-state index < -0.39 is 0 Å². The molecule has 1 unspecified atom stereocenters. The summed E-state index contributed by atoms with van der Waals surface area (Å²) in [7, 11) is 1.87. The van der Waals surface area contributed by atoms with Crippen molar-refractivity contribution in [2.75, 3.05) is 20.1 Å². The lowest BCUT2D eigenvalue weighted by Crippen LogP contribution is -2.34. The van der Waals surface area contributed by atoms with Crippen LogP contribution < -0.4 is 5.32 Å². The molecular weight excluding hydrogens is 265 g/mol. The summed E-state index contributed by atoms with van der Waals surface area (Å²) in [5, 5.41) is 3.21. The van der Waals surface area contributed by atoms with E-state index in [-0.39, 0.29) is 11.9 Å². The molecule has 0 aliphatic heterocycles. The van der Waals surface area contributed by atoms with Crippen molar-refractivity contribution in [1.82, 2.24) is 15.2 Å². The van der Waals surface area contributed by atoms with E-state index in [0.29, 0.717) is 5.56 Å². The molecule has 112 valence electrons. The van der Waals surface area contributed by atoms with Crippen molar-refractivity contribution in [2.45, 2.75) is 19.5 Å². The summed E-state index contributed by atoms with van der Waals surface area (Å²) in [6, 6.07) is 12.8. The topological polar surface area (TPSA) is 28.2 Å². The van der Waals surface area contributed by atoms with Crippen molar-refractivity contribution in [3.63, 3.8) is 0 Å². The highest BCUT2D eigenvalue weighted by molar-refractivity contribution is 5.21. The first-order valence-electron chi connectivity index (χ1n) is 7.28. The number of nitrogens with one attached hydrogen (secondary N) is 1. The number of nitrogens with zero attached hydrogens (tertiary/aromatic N) is 2. The molecule has 1 atom stereocenters. The van der Waals surface area contributed by atoms with Crippen molar-refractivity contribution >= 4 is 0 Å². The summed E-state index contributed by atoms with van der Waals surface area (Å²) in [6.45, 7) is 4.51. The molecule has 2 rings (SSSR count). The first kappa shape index (κ1) is 15.6. The highest BCUT2D eigenvalue weighted by atomic mass is 19.1. The van der Waals surface area contributed by atoms with Crippen LogP contribution in [0, 0.1) is 5.82 Å². The van der Waals surface area contributed by atoms with Gasteiger partial charge in [-0.2, -0.15) is 0 Å². The summed E-state index contributed by atoms with van der Waals surface area (Å²) in [5.74, 6) is -0.161. The highest BCUT2D eigenvalue weighted by Gasteiger charge is 2.17. The zero-order valence-corrected chi connectivity index (χ0v) is 12.6. The number of hydrogen-bond donors (Lipinski definition) is 1. The summed E-state index contributed by atoms with van der Waals surface area (Å²) in [4.78, 5) is 6.61. The number of aromatic nitrogens is 1. The lowest BCUT2D eigenvalue weighted by atomic mass is 10.1. The van der Waals surface area contributed by atoms with Crippen molar-refractivity contribution in [3.8, 4) is 0 Å². The normalized spacial score (nSPS) is 12.6. The largest absolute Gasteiger partial charge is 0.312 e. The molecule has 0 fully saturated rings. The van der Waals surface area contributed by atoms with Gasteiger partial charge in [0.15, 0.2) is 0 Å². The Balaban J connectivity index is 2.07. The molecule has 2 aromatic rings. The van der Waals surface area contributed by atoms with E-state index in [0.717, 1.165) is 25.3 Å². The van der Waals surface area contributed by atoms with Crippen LogP contribution >= 0.6 is 0 Å². The Hall–Kier alpha value is -1.78. The van der Waals surface area contributed by atoms with Gasteiger partial charge >= 0.3 is 0 Å². The molecular formula is C17H22FN3. The number of rotatable bonds is 7. The van der Waals surface area contributed by atoms with Crippen LogP contribution in [0.4, 0.5) is 4.39 Å². The minimum atomic E-state index is -0.161. The molecule has 0 aliphatic carbocycles. The SMILES string of the molecule is CCN(Cc1ccccn1)CC(NC)c1ccccc1F. The fourth-order valence-electron chi connectivity index (χ4n) is 2.39. The maximum Gasteiger partial charge on any atom is 0.128 e. The molecule has 0 aliphatic rings. The van der Waals surface area contributed by atoms with Crippen LogP contribution in [0.1, 0.15) is 24.2 Å². The van der Waals surface area contributed by atoms with Crippen molar-refractivity contribution < 1.29 is 4.39 Å². The predicted octanol–water partition coefficient (Wildman–Crippen LogP) is 3.00. The fraction of sp³-hybridized carbons (Fsp3) is 0.353. The van der Waals surface area contributed by atoms with Crippen molar-refractivity contribution in [1.29, 1.82) is 0 Å². The Morgan fingerprint density at radius 1 is 1.19 bits per heavy atom. The molecule has 0 radical (unpaired) electrons. The molecule has 4 heteroatoms. The van der Waals surface area contributed by atoms with Gasteiger partial charge in [-0.15, -0.1) is 0 Å². The van der Waals surface area contributed by atoms with Gasteiger partial charge in [-0.25, -0.2) is 4.39 Å². The Labute approximate surface area is 125 Å². The molecule has 21 heavy (non-hydrogen) atoms. The Kier molecular flexibility index (Phi) is 5.84. The molecule has 0 bridgehead atoms. The molecule has 1 aromatic heterocycles. The van der Waals surface area contributed by atoms with Gasteiger partial charge in [0.05, 0.1) is 5.69 Å². The molecule has 1 aromatic carbocycles. The van der Waals surface area contributed by atoms with E-state index >= 15 is 0 Å². The van der Waals surface area contributed by atoms with Gasteiger partial charge in [-0.05, 0) is 31.8 Å². The molecule has 3 nitrogen and oxygen atoms in total. The third kappa shape index (κ3) is 4.34. The van der Waals surface area contributed by atoms with Crippen LogP contribution in [0.2, 0.25) is 0 Å². The second-order valence-corrected chi connectivity index (χ2v) is 5.01. The zero-order chi connectivity index (χ0) is 15.1. The molecule has 0 saturated carbocycles. The number of likely N-dealkylation sites (N-methyl/N-ethyl adjacent to an activating group) is 2. The zero-order valence-electron chi connectivity index (χ0n) is 12.6. The second-order valence-electron chi connectivity index (χ2n) is 5.01. The van der Waals surface area contributed by atoms with Gasteiger partial charge in [0.25, 0.3) is 0 Å². The smallest absolute Gasteiger partial charge is 0.128 e. The minimum Gasteiger partial charge on any atom is -0.312 e. The summed E-state index contributed by atoms with van der Waals surface area (Å²) >= 11 is 0. The maximum atomic E-state index is 13.9. The van der Waals surface area contributed by atoms with Crippen LogP contribution in [-0.4, -0.2) is 30.0 Å². The van der Waals surface area contributed by atoms with Crippen molar-refractivity contribution in [3.05, 3.63) is 65.7 Å².